The van der Waals surface area contributed by atoms with Crippen LogP contribution >= 0.6 is 0 Å². The van der Waals surface area contributed by atoms with Crippen molar-refractivity contribution >= 4 is 17.6 Å². The number of aliphatic imine (C=N–C) groups is 1. The lowest BCUT2D eigenvalue weighted by molar-refractivity contribution is -0.120. The van der Waals surface area contributed by atoms with Crippen LogP contribution in [0, 0.1) is 6.92 Å². The smallest absolute Gasteiger partial charge is 0.246 e. The number of aromatic nitrogens is 4. The van der Waals surface area contributed by atoms with Crippen molar-refractivity contribution in [2.75, 3.05) is 37.6 Å². The third kappa shape index (κ3) is 4.90. The second kappa shape index (κ2) is 9.38. The highest BCUT2D eigenvalue weighted by Gasteiger charge is 2.27. The minimum Gasteiger partial charge on any atom is -0.357 e. The summed E-state index contributed by atoms with van der Waals surface area (Å²) in [6.45, 7) is 8.26. The Bertz CT molecular complexity index is 808. The first-order valence-electron chi connectivity index (χ1n) is 9.88. The van der Waals surface area contributed by atoms with Gasteiger partial charge in [-0.15, -0.1) is 0 Å². The number of imidazole rings is 1. The van der Waals surface area contributed by atoms with Crippen LogP contribution in [0.3, 0.4) is 0 Å². The van der Waals surface area contributed by atoms with Gasteiger partial charge in [-0.1, -0.05) is 0 Å². The van der Waals surface area contributed by atoms with Crippen molar-refractivity contribution in [1.82, 2.24) is 29.5 Å². The number of nitrogens with zero attached hydrogens (tertiary/aromatic N) is 7. The summed E-state index contributed by atoms with van der Waals surface area (Å²) >= 11 is 0. The summed E-state index contributed by atoms with van der Waals surface area (Å²) in [5, 5.41) is 7.48. The molecule has 0 aromatic carbocycles. The minimum absolute atomic E-state index is 0.0698. The van der Waals surface area contributed by atoms with Gasteiger partial charge < -0.3 is 19.7 Å². The normalized spacial score (nSPS) is 15.4. The first-order chi connectivity index (χ1) is 13.6. The molecule has 1 aliphatic rings. The second-order valence-corrected chi connectivity index (χ2v) is 6.95. The van der Waals surface area contributed by atoms with Crippen LogP contribution < -0.4 is 10.2 Å². The summed E-state index contributed by atoms with van der Waals surface area (Å²) in [5.74, 6) is 1.93. The van der Waals surface area contributed by atoms with Crippen molar-refractivity contribution in [2.24, 2.45) is 12.0 Å². The number of nitrogens with one attached hydrogen (secondary N) is 1. The molecule has 1 amide bonds. The number of guanidine groups is 1. The zero-order chi connectivity index (χ0) is 19.9. The van der Waals surface area contributed by atoms with Gasteiger partial charge in [0.15, 0.2) is 5.96 Å². The lowest BCUT2D eigenvalue weighted by Crippen LogP contribution is -2.55. The Labute approximate surface area is 166 Å². The van der Waals surface area contributed by atoms with Gasteiger partial charge in [-0.05, 0) is 26.7 Å². The number of carbonyl (C=O) groups is 1. The van der Waals surface area contributed by atoms with E-state index in [2.05, 4.69) is 20.0 Å². The molecule has 0 saturated carbocycles. The molecular weight excluding hydrogens is 356 g/mol. The molecule has 0 atom stereocenters. The largest absolute Gasteiger partial charge is 0.357 e. The van der Waals surface area contributed by atoms with Crippen LogP contribution in [-0.4, -0.2) is 68.8 Å². The number of amides is 1. The minimum atomic E-state index is 0.0698. The molecule has 28 heavy (non-hydrogen) atoms. The highest BCUT2D eigenvalue weighted by molar-refractivity contribution is 5.98. The topological polar surface area (TPSA) is 83.6 Å². The molecule has 9 nitrogen and oxygen atoms in total. The van der Waals surface area contributed by atoms with E-state index in [0.717, 1.165) is 56.5 Å². The lowest BCUT2D eigenvalue weighted by Gasteiger charge is -2.35. The molecule has 0 unspecified atom stereocenters. The van der Waals surface area contributed by atoms with E-state index in [1.54, 1.807) is 15.8 Å². The molecule has 0 aliphatic carbocycles. The average molecular weight is 387 g/mol. The number of hydrogen-bond donors (Lipinski definition) is 1. The fraction of sp³-hybridized carbons (Fsp3) is 0.579. The molecule has 1 aliphatic heterocycles. The average Bonchev–Trinajstić information content (AvgIpc) is 3.28. The molecule has 0 spiro atoms. The molecule has 152 valence electrons. The SMILES string of the molecule is CCNC(=NCCCCn1ccnc1C)N1CCN(c2cnn(C)c2)C(=O)C1. The van der Waals surface area contributed by atoms with Crippen LogP contribution in [0.2, 0.25) is 0 Å². The van der Waals surface area contributed by atoms with Crippen molar-refractivity contribution < 1.29 is 4.79 Å². The molecule has 0 bridgehead atoms. The van der Waals surface area contributed by atoms with E-state index in [1.807, 2.05) is 44.4 Å². The molecule has 9 heteroatoms. The van der Waals surface area contributed by atoms with Crippen LogP contribution in [0.25, 0.3) is 0 Å². The standard InChI is InChI=1S/C19H30N8O/c1-4-20-19(22-7-5-6-9-25-10-8-21-16(25)2)26-11-12-27(18(28)15-26)17-13-23-24(3)14-17/h8,10,13-14H,4-7,9,11-12,15H2,1-3H3,(H,20,22). The number of aryl methyl sites for hydroxylation is 3. The van der Waals surface area contributed by atoms with Gasteiger partial charge in [0.05, 0.1) is 11.9 Å². The number of rotatable bonds is 7. The van der Waals surface area contributed by atoms with E-state index in [9.17, 15) is 4.79 Å². The van der Waals surface area contributed by atoms with E-state index in [4.69, 9.17) is 4.99 Å². The van der Waals surface area contributed by atoms with E-state index >= 15 is 0 Å². The van der Waals surface area contributed by atoms with Gasteiger partial charge in [-0.25, -0.2) is 4.98 Å². The Balaban J connectivity index is 1.51. The maximum absolute atomic E-state index is 12.6. The number of carbonyl (C=O) groups excluding carboxylic acids is 1. The Morgan fingerprint density at radius 2 is 2.18 bits per heavy atom. The van der Waals surface area contributed by atoms with E-state index in [0.29, 0.717) is 13.1 Å². The third-order valence-corrected chi connectivity index (χ3v) is 4.85. The van der Waals surface area contributed by atoms with Crippen molar-refractivity contribution in [2.45, 2.75) is 33.2 Å². The molecule has 2 aromatic heterocycles. The number of anilines is 1. The van der Waals surface area contributed by atoms with Crippen LogP contribution in [0.4, 0.5) is 5.69 Å². The van der Waals surface area contributed by atoms with E-state index in [-0.39, 0.29) is 5.91 Å². The lowest BCUT2D eigenvalue weighted by atomic mass is 10.3. The van der Waals surface area contributed by atoms with Gasteiger partial charge in [-0.2, -0.15) is 5.10 Å². The van der Waals surface area contributed by atoms with Crippen LogP contribution in [-0.2, 0) is 18.4 Å². The molecule has 3 heterocycles. The summed E-state index contributed by atoms with van der Waals surface area (Å²) in [5.41, 5.74) is 0.851. The summed E-state index contributed by atoms with van der Waals surface area (Å²) in [6.07, 6.45) is 9.49. The van der Waals surface area contributed by atoms with Crippen LogP contribution in [0.15, 0.2) is 29.8 Å². The maximum atomic E-state index is 12.6. The summed E-state index contributed by atoms with van der Waals surface area (Å²) in [6, 6.07) is 0. The fourth-order valence-corrected chi connectivity index (χ4v) is 3.32. The van der Waals surface area contributed by atoms with E-state index in [1.165, 1.54) is 0 Å². The Morgan fingerprint density at radius 1 is 1.32 bits per heavy atom. The summed E-state index contributed by atoms with van der Waals surface area (Å²) in [7, 11) is 1.86. The second-order valence-electron chi connectivity index (χ2n) is 6.95. The van der Waals surface area contributed by atoms with Gasteiger partial charge in [-0.3, -0.25) is 14.5 Å². The van der Waals surface area contributed by atoms with Crippen molar-refractivity contribution in [3.63, 3.8) is 0 Å². The van der Waals surface area contributed by atoms with Crippen molar-refractivity contribution in [3.05, 3.63) is 30.6 Å². The van der Waals surface area contributed by atoms with E-state index < -0.39 is 0 Å². The third-order valence-electron chi connectivity index (χ3n) is 4.85. The predicted octanol–water partition coefficient (Wildman–Crippen LogP) is 1.02. The highest BCUT2D eigenvalue weighted by Crippen LogP contribution is 2.16. The molecular formula is C19H30N8O. The monoisotopic (exact) mass is 386 g/mol. The first kappa shape index (κ1) is 19.9. The van der Waals surface area contributed by atoms with Gasteiger partial charge in [0.1, 0.15) is 12.4 Å². The number of hydrogen-bond acceptors (Lipinski definition) is 4. The first-order valence-corrected chi connectivity index (χ1v) is 9.88. The van der Waals surface area contributed by atoms with Crippen LogP contribution in [0.5, 0.6) is 0 Å². The zero-order valence-corrected chi connectivity index (χ0v) is 17.0. The number of piperazine rings is 1. The molecule has 3 rings (SSSR count). The fourth-order valence-electron chi connectivity index (χ4n) is 3.32. The molecule has 2 aromatic rings. The van der Waals surface area contributed by atoms with Gasteiger partial charge in [0, 0.05) is 58.4 Å². The molecule has 1 saturated heterocycles. The zero-order valence-electron chi connectivity index (χ0n) is 17.0. The van der Waals surface area contributed by atoms with Crippen molar-refractivity contribution in [1.29, 1.82) is 0 Å². The number of unbranched alkanes of at least 4 members (excludes halogenated alkanes) is 1. The Hall–Kier alpha value is -2.84. The Morgan fingerprint density at radius 3 is 2.82 bits per heavy atom. The molecule has 1 N–H and O–H groups in total. The summed E-state index contributed by atoms with van der Waals surface area (Å²) < 4.78 is 3.87. The quantitative estimate of drug-likeness (QED) is 0.436. The summed E-state index contributed by atoms with van der Waals surface area (Å²) in [4.78, 5) is 25.4. The van der Waals surface area contributed by atoms with Gasteiger partial charge in [0.2, 0.25) is 5.91 Å². The van der Waals surface area contributed by atoms with Gasteiger partial charge in [0.25, 0.3) is 0 Å². The highest BCUT2D eigenvalue weighted by atomic mass is 16.2. The van der Waals surface area contributed by atoms with Crippen LogP contribution in [0.1, 0.15) is 25.6 Å². The Kier molecular flexibility index (Phi) is 6.67. The predicted molar refractivity (Wildman–Crippen MR) is 109 cm³/mol. The molecule has 0 radical (unpaired) electrons. The maximum Gasteiger partial charge on any atom is 0.246 e. The van der Waals surface area contributed by atoms with Gasteiger partial charge >= 0.3 is 0 Å². The van der Waals surface area contributed by atoms with Crippen molar-refractivity contribution in [3.8, 4) is 0 Å². The molecule has 1 fully saturated rings.